The average Bonchev–Trinajstić information content (AvgIpc) is 2.83. The second-order valence-corrected chi connectivity index (χ2v) is 5.87. The maximum absolute atomic E-state index is 5.79. The number of benzene rings is 1. The lowest BCUT2D eigenvalue weighted by atomic mass is 9.89. The van der Waals surface area contributed by atoms with Crippen molar-refractivity contribution in [2.45, 2.75) is 32.6 Å². The largest absolute Gasteiger partial charge is 0.399 e. The van der Waals surface area contributed by atoms with Crippen molar-refractivity contribution < 1.29 is 0 Å². The Hall–Kier alpha value is -1.84. The quantitative estimate of drug-likeness (QED) is 0.828. The molecule has 1 aliphatic carbocycles. The smallest absolute Gasteiger partial charge is 0.137 e. The van der Waals surface area contributed by atoms with Gasteiger partial charge in [0.05, 0.1) is 5.52 Å². The highest BCUT2D eigenvalue weighted by Gasteiger charge is 2.28. The summed E-state index contributed by atoms with van der Waals surface area (Å²) in [6.45, 7) is 3.33. The molecular weight excluding hydrogens is 236 g/mol. The van der Waals surface area contributed by atoms with E-state index < -0.39 is 0 Å². The standard InChI is InChI=1S/C15H20N4/c1-15(6-2-3-7-15)9-17-14-12-5-4-11(16)8-13(12)18-10-19-14/h4-5,8,10H,2-3,6-7,9,16H2,1H3,(H,17,18,19). The van der Waals surface area contributed by atoms with Crippen LogP contribution in [0.3, 0.4) is 0 Å². The lowest BCUT2D eigenvalue weighted by Gasteiger charge is -2.24. The van der Waals surface area contributed by atoms with Crippen LogP contribution in [-0.2, 0) is 0 Å². The maximum Gasteiger partial charge on any atom is 0.137 e. The van der Waals surface area contributed by atoms with Gasteiger partial charge in [0.25, 0.3) is 0 Å². The minimum absolute atomic E-state index is 0.408. The zero-order chi connectivity index (χ0) is 13.3. The van der Waals surface area contributed by atoms with Gasteiger partial charge in [0, 0.05) is 17.6 Å². The second-order valence-electron chi connectivity index (χ2n) is 5.87. The maximum atomic E-state index is 5.79. The van der Waals surface area contributed by atoms with Crippen LogP contribution in [0.25, 0.3) is 10.9 Å². The van der Waals surface area contributed by atoms with Gasteiger partial charge in [0.15, 0.2) is 0 Å². The minimum atomic E-state index is 0.408. The van der Waals surface area contributed by atoms with E-state index in [1.807, 2.05) is 18.2 Å². The number of anilines is 2. The summed E-state index contributed by atoms with van der Waals surface area (Å²) in [6.07, 6.45) is 6.89. The van der Waals surface area contributed by atoms with Gasteiger partial charge in [-0.1, -0.05) is 19.8 Å². The van der Waals surface area contributed by atoms with Crippen LogP contribution in [0.15, 0.2) is 24.5 Å². The first-order chi connectivity index (χ1) is 9.16. The Balaban J connectivity index is 1.84. The molecule has 0 saturated heterocycles. The first-order valence-electron chi connectivity index (χ1n) is 6.90. The van der Waals surface area contributed by atoms with Gasteiger partial charge >= 0.3 is 0 Å². The molecule has 100 valence electrons. The molecule has 1 aromatic carbocycles. The molecule has 3 rings (SSSR count). The highest BCUT2D eigenvalue weighted by Crippen LogP contribution is 2.37. The van der Waals surface area contributed by atoms with E-state index in [4.69, 9.17) is 5.73 Å². The number of nitrogens with two attached hydrogens (primary N) is 1. The fourth-order valence-electron chi connectivity index (χ4n) is 2.92. The van der Waals surface area contributed by atoms with Crippen LogP contribution in [0.5, 0.6) is 0 Å². The lowest BCUT2D eigenvalue weighted by molar-refractivity contribution is 0.362. The van der Waals surface area contributed by atoms with Gasteiger partial charge in [-0.2, -0.15) is 0 Å². The SMILES string of the molecule is CC1(CNc2ncnc3cc(N)ccc23)CCCC1. The van der Waals surface area contributed by atoms with Gasteiger partial charge in [0.1, 0.15) is 12.1 Å². The van der Waals surface area contributed by atoms with Gasteiger partial charge in [-0.25, -0.2) is 9.97 Å². The number of aromatic nitrogens is 2. The van der Waals surface area contributed by atoms with E-state index in [9.17, 15) is 0 Å². The topological polar surface area (TPSA) is 63.8 Å². The number of hydrogen-bond donors (Lipinski definition) is 2. The molecule has 19 heavy (non-hydrogen) atoms. The normalized spacial score (nSPS) is 17.7. The molecule has 1 aliphatic rings. The molecule has 1 heterocycles. The molecule has 0 radical (unpaired) electrons. The van der Waals surface area contributed by atoms with E-state index in [0.717, 1.165) is 29.0 Å². The Bertz CT molecular complexity index is 588. The third-order valence-electron chi connectivity index (χ3n) is 4.15. The summed E-state index contributed by atoms with van der Waals surface area (Å²) in [5.41, 5.74) is 7.83. The van der Waals surface area contributed by atoms with Gasteiger partial charge in [-0.15, -0.1) is 0 Å². The van der Waals surface area contributed by atoms with Crippen LogP contribution in [0, 0.1) is 5.41 Å². The molecule has 1 saturated carbocycles. The number of rotatable bonds is 3. The summed E-state index contributed by atoms with van der Waals surface area (Å²) >= 11 is 0. The van der Waals surface area contributed by atoms with Crippen LogP contribution in [0.2, 0.25) is 0 Å². The van der Waals surface area contributed by atoms with E-state index in [0.29, 0.717) is 5.41 Å². The number of fused-ring (bicyclic) bond motifs is 1. The second kappa shape index (κ2) is 4.68. The molecule has 0 atom stereocenters. The highest BCUT2D eigenvalue weighted by atomic mass is 15.0. The minimum Gasteiger partial charge on any atom is -0.399 e. The van der Waals surface area contributed by atoms with Crippen molar-refractivity contribution in [3.05, 3.63) is 24.5 Å². The van der Waals surface area contributed by atoms with Crippen molar-refractivity contribution in [3.8, 4) is 0 Å². The molecule has 1 fully saturated rings. The molecule has 4 nitrogen and oxygen atoms in total. The molecule has 4 heteroatoms. The molecule has 0 bridgehead atoms. The molecule has 1 aromatic heterocycles. The third kappa shape index (κ3) is 2.48. The van der Waals surface area contributed by atoms with Crippen LogP contribution < -0.4 is 11.1 Å². The summed E-state index contributed by atoms with van der Waals surface area (Å²) in [4.78, 5) is 8.63. The molecule has 3 N–H and O–H groups in total. The van der Waals surface area contributed by atoms with Crippen molar-refractivity contribution in [3.63, 3.8) is 0 Å². The van der Waals surface area contributed by atoms with E-state index in [-0.39, 0.29) is 0 Å². The zero-order valence-corrected chi connectivity index (χ0v) is 11.3. The zero-order valence-electron chi connectivity index (χ0n) is 11.3. The van der Waals surface area contributed by atoms with Gasteiger partial charge in [-0.3, -0.25) is 0 Å². The summed E-state index contributed by atoms with van der Waals surface area (Å²) in [6, 6.07) is 5.78. The molecule has 0 unspecified atom stereocenters. The van der Waals surface area contributed by atoms with Gasteiger partial charge in [-0.05, 0) is 36.5 Å². The predicted molar refractivity (Wildman–Crippen MR) is 79.0 cm³/mol. The Kier molecular flexibility index (Phi) is 3.01. The van der Waals surface area contributed by atoms with Crippen molar-refractivity contribution in [2.75, 3.05) is 17.6 Å². The van der Waals surface area contributed by atoms with Crippen LogP contribution >= 0.6 is 0 Å². The summed E-state index contributed by atoms with van der Waals surface area (Å²) in [5.74, 6) is 0.915. The predicted octanol–water partition coefficient (Wildman–Crippen LogP) is 3.20. The number of hydrogen-bond acceptors (Lipinski definition) is 4. The first-order valence-corrected chi connectivity index (χ1v) is 6.90. The fourth-order valence-corrected chi connectivity index (χ4v) is 2.92. The van der Waals surface area contributed by atoms with E-state index in [1.54, 1.807) is 6.33 Å². The highest BCUT2D eigenvalue weighted by molar-refractivity contribution is 5.90. The number of nitrogen functional groups attached to an aromatic ring is 1. The lowest BCUT2D eigenvalue weighted by Crippen LogP contribution is -2.23. The van der Waals surface area contributed by atoms with Crippen molar-refractivity contribution >= 4 is 22.4 Å². The van der Waals surface area contributed by atoms with E-state index >= 15 is 0 Å². The van der Waals surface area contributed by atoms with Crippen molar-refractivity contribution in [2.24, 2.45) is 5.41 Å². The Morgan fingerprint density at radius 2 is 2.05 bits per heavy atom. The number of nitrogens with zero attached hydrogens (tertiary/aromatic N) is 2. The van der Waals surface area contributed by atoms with E-state index in [2.05, 4.69) is 22.2 Å². The van der Waals surface area contributed by atoms with Crippen LogP contribution in [0.4, 0.5) is 11.5 Å². The van der Waals surface area contributed by atoms with Gasteiger partial charge in [0.2, 0.25) is 0 Å². The molecular formula is C15H20N4. The first kappa shape index (κ1) is 12.2. The summed E-state index contributed by atoms with van der Waals surface area (Å²) in [5, 5.41) is 4.54. The molecule has 0 amide bonds. The summed E-state index contributed by atoms with van der Waals surface area (Å²) < 4.78 is 0. The monoisotopic (exact) mass is 256 g/mol. The Morgan fingerprint density at radius 1 is 1.26 bits per heavy atom. The van der Waals surface area contributed by atoms with Crippen LogP contribution in [-0.4, -0.2) is 16.5 Å². The third-order valence-corrected chi connectivity index (χ3v) is 4.15. The molecule has 0 spiro atoms. The average molecular weight is 256 g/mol. The van der Waals surface area contributed by atoms with Crippen molar-refractivity contribution in [1.82, 2.24) is 9.97 Å². The summed E-state index contributed by atoms with van der Waals surface area (Å²) in [7, 11) is 0. The fraction of sp³-hybridized carbons (Fsp3) is 0.467. The Labute approximate surface area is 113 Å². The van der Waals surface area contributed by atoms with Crippen LogP contribution in [0.1, 0.15) is 32.6 Å². The number of nitrogens with one attached hydrogen (secondary N) is 1. The van der Waals surface area contributed by atoms with Crippen molar-refractivity contribution in [1.29, 1.82) is 0 Å². The Morgan fingerprint density at radius 3 is 2.84 bits per heavy atom. The molecule has 2 aromatic rings. The van der Waals surface area contributed by atoms with E-state index in [1.165, 1.54) is 25.7 Å². The van der Waals surface area contributed by atoms with Gasteiger partial charge < -0.3 is 11.1 Å². The molecule has 0 aliphatic heterocycles.